The minimum atomic E-state index is -0.731. The van der Waals surface area contributed by atoms with Gasteiger partial charge in [-0.2, -0.15) is 5.26 Å². The van der Waals surface area contributed by atoms with Gasteiger partial charge in [0.2, 0.25) is 5.76 Å². The number of allylic oxidation sites excluding steroid dienone is 1. The van der Waals surface area contributed by atoms with Gasteiger partial charge in [0, 0.05) is 12.4 Å². The molecule has 7 nitrogen and oxygen atoms in total. The van der Waals surface area contributed by atoms with Gasteiger partial charge in [-0.15, -0.1) is 0 Å². The van der Waals surface area contributed by atoms with Crippen LogP contribution in [0, 0.1) is 11.3 Å². The van der Waals surface area contributed by atoms with E-state index in [-0.39, 0.29) is 17.1 Å². The van der Waals surface area contributed by atoms with Crippen LogP contribution in [-0.4, -0.2) is 27.2 Å². The van der Waals surface area contributed by atoms with Gasteiger partial charge in [-0.05, 0) is 24.3 Å². The van der Waals surface area contributed by atoms with Gasteiger partial charge in [0.1, 0.15) is 17.2 Å². The third kappa shape index (κ3) is 2.97. The largest absolute Gasteiger partial charge is 0.507 e. The number of furan rings is 1. The number of carbonyl (C=O) groups is 1. The lowest BCUT2D eigenvalue weighted by molar-refractivity contribution is 0.0469. The van der Waals surface area contributed by atoms with E-state index in [4.69, 9.17) is 9.15 Å². The molecule has 0 atom stereocenters. The fourth-order valence-corrected chi connectivity index (χ4v) is 2.97. The van der Waals surface area contributed by atoms with E-state index in [1.54, 1.807) is 29.8 Å². The van der Waals surface area contributed by atoms with E-state index >= 15 is 0 Å². The van der Waals surface area contributed by atoms with E-state index in [0.29, 0.717) is 16.9 Å². The molecule has 0 amide bonds. The van der Waals surface area contributed by atoms with Gasteiger partial charge in [-0.3, -0.25) is 0 Å². The summed E-state index contributed by atoms with van der Waals surface area (Å²) in [7, 11) is 1.75. The summed E-state index contributed by atoms with van der Waals surface area (Å²) in [5, 5.41) is 20.6. The first kappa shape index (κ1) is 17.4. The molecule has 0 aliphatic rings. The number of hydrogen-bond donors (Lipinski definition) is 1. The van der Waals surface area contributed by atoms with Crippen LogP contribution in [0.1, 0.15) is 16.4 Å². The summed E-state index contributed by atoms with van der Waals surface area (Å²) in [6.45, 7) is -0.470. The highest BCUT2D eigenvalue weighted by Gasteiger charge is 2.19. The molecule has 0 saturated carbocycles. The van der Waals surface area contributed by atoms with Gasteiger partial charge in [-0.25, -0.2) is 9.78 Å². The quantitative estimate of drug-likeness (QED) is 0.330. The highest BCUT2D eigenvalue weighted by molar-refractivity contribution is 5.92. The second-order valence-corrected chi connectivity index (χ2v) is 6.14. The highest BCUT2D eigenvalue weighted by atomic mass is 16.6. The molecule has 138 valence electrons. The number of aromatic nitrogens is 2. The summed E-state index contributed by atoms with van der Waals surface area (Å²) in [5.74, 6) is -0.799. The number of esters is 1. The Bertz CT molecular complexity index is 1240. The maximum Gasteiger partial charge on any atom is 0.374 e. The fraction of sp³-hybridized carbons (Fsp3) is 0.0952. The molecule has 0 bridgehead atoms. The van der Waals surface area contributed by atoms with Crippen LogP contribution in [0.5, 0.6) is 0 Å². The number of ether oxygens (including phenoxy) is 1. The van der Waals surface area contributed by atoms with Crippen molar-refractivity contribution in [1.29, 1.82) is 5.26 Å². The molecule has 0 saturated heterocycles. The number of aliphatic hydroxyl groups excluding tert-OH is 1. The molecule has 2 heterocycles. The molecule has 0 aliphatic carbocycles. The van der Waals surface area contributed by atoms with Crippen molar-refractivity contribution in [2.45, 2.75) is 0 Å². The molecule has 0 unspecified atom stereocenters. The summed E-state index contributed by atoms with van der Waals surface area (Å²) in [4.78, 5) is 16.6. The Hall–Kier alpha value is -4.05. The maximum absolute atomic E-state index is 12.2. The van der Waals surface area contributed by atoms with E-state index in [2.05, 4.69) is 4.98 Å². The molecule has 1 N–H and O–H groups in total. The monoisotopic (exact) mass is 373 g/mol. The van der Waals surface area contributed by atoms with Gasteiger partial charge < -0.3 is 18.8 Å². The molecule has 0 spiro atoms. The zero-order valence-corrected chi connectivity index (χ0v) is 14.9. The molecule has 2 aromatic heterocycles. The van der Waals surface area contributed by atoms with Crippen molar-refractivity contribution in [3.63, 3.8) is 0 Å². The number of rotatable bonds is 4. The minimum absolute atomic E-state index is 0.0234. The van der Waals surface area contributed by atoms with Gasteiger partial charge >= 0.3 is 5.97 Å². The van der Waals surface area contributed by atoms with E-state index in [0.717, 1.165) is 10.9 Å². The van der Waals surface area contributed by atoms with Crippen LogP contribution >= 0.6 is 0 Å². The third-order valence-electron chi connectivity index (χ3n) is 4.38. The number of aryl methyl sites for hydroxylation is 1. The standard InChI is InChI=1S/C21H15N3O4/c1-24-16-8-4-3-7-15(16)23-20(24)14(11-22)17(25)12-27-21(26)19-10-13-6-2-5-9-18(13)28-19/h2-10,25H,12H2,1H3/b17-14-. The van der Waals surface area contributed by atoms with Crippen molar-refractivity contribution >= 4 is 33.5 Å². The van der Waals surface area contributed by atoms with Gasteiger partial charge in [0.15, 0.2) is 18.2 Å². The van der Waals surface area contributed by atoms with E-state index in [9.17, 15) is 15.2 Å². The Kier molecular flexibility index (Phi) is 4.30. The van der Waals surface area contributed by atoms with Gasteiger partial charge in [-0.1, -0.05) is 30.3 Å². The minimum Gasteiger partial charge on any atom is -0.507 e. The Morgan fingerprint density at radius 2 is 2.00 bits per heavy atom. The smallest absolute Gasteiger partial charge is 0.374 e. The molecule has 7 heteroatoms. The van der Waals surface area contributed by atoms with Crippen molar-refractivity contribution in [3.8, 4) is 6.07 Å². The Morgan fingerprint density at radius 1 is 1.25 bits per heavy atom. The van der Waals surface area contributed by atoms with Crippen LogP contribution in [0.4, 0.5) is 0 Å². The van der Waals surface area contributed by atoms with Crippen molar-refractivity contribution in [1.82, 2.24) is 9.55 Å². The average molecular weight is 373 g/mol. The molecule has 0 fully saturated rings. The number of nitrogens with zero attached hydrogens (tertiary/aromatic N) is 3. The lowest BCUT2D eigenvalue weighted by Crippen LogP contribution is -2.09. The number of aliphatic hydroxyl groups is 1. The number of carbonyl (C=O) groups excluding carboxylic acids is 1. The van der Waals surface area contributed by atoms with Crippen LogP contribution in [0.3, 0.4) is 0 Å². The first-order valence-electron chi connectivity index (χ1n) is 8.48. The van der Waals surface area contributed by atoms with Crippen molar-refractivity contribution in [3.05, 3.63) is 71.9 Å². The predicted octanol–water partition coefficient (Wildman–Crippen LogP) is 3.97. The predicted molar refractivity (Wildman–Crippen MR) is 102 cm³/mol. The Morgan fingerprint density at radius 3 is 2.75 bits per heavy atom. The molecular weight excluding hydrogens is 358 g/mol. The summed E-state index contributed by atoms with van der Waals surface area (Å²) in [6.07, 6.45) is 0. The average Bonchev–Trinajstić information content (AvgIpc) is 3.29. The fourth-order valence-electron chi connectivity index (χ4n) is 2.97. The zero-order chi connectivity index (χ0) is 19.7. The van der Waals surface area contributed by atoms with E-state index in [1.807, 2.05) is 42.5 Å². The maximum atomic E-state index is 12.2. The molecule has 28 heavy (non-hydrogen) atoms. The SMILES string of the molecule is Cn1c(/C(C#N)=C(\O)COC(=O)c2cc3ccccc3o2)nc2ccccc21. The number of benzene rings is 2. The van der Waals surface area contributed by atoms with Gasteiger partial charge in [0.05, 0.1) is 11.0 Å². The molecular formula is C21H15N3O4. The van der Waals surface area contributed by atoms with Crippen LogP contribution in [0.25, 0.3) is 27.6 Å². The number of fused-ring (bicyclic) bond motifs is 2. The second-order valence-electron chi connectivity index (χ2n) is 6.14. The van der Waals surface area contributed by atoms with Crippen LogP contribution in [0.2, 0.25) is 0 Å². The zero-order valence-electron chi connectivity index (χ0n) is 14.9. The second kappa shape index (κ2) is 6.93. The molecule has 0 radical (unpaired) electrons. The summed E-state index contributed by atoms with van der Waals surface area (Å²) in [5.41, 5.74) is 2.01. The van der Waals surface area contributed by atoms with Crippen molar-refractivity contribution in [2.75, 3.05) is 6.61 Å². The highest BCUT2D eigenvalue weighted by Crippen LogP contribution is 2.23. The number of para-hydroxylation sites is 3. The lowest BCUT2D eigenvalue weighted by Gasteiger charge is -2.06. The molecule has 4 rings (SSSR count). The molecule has 0 aliphatic heterocycles. The topological polar surface area (TPSA) is 101 Å². The summed E-state index contributed by atoms with van der Waals surface area (Å²) in [6, 6.07) is 18.0. The lowest BCUT2D eigenvalue weighted by atomic mass is 10.2. The van der Waals surface area contributed by atoms with Gasteiger partial charge in [0.25, 0.3) is 0 Å². The van der Waals surface area contributed by atoms with Crippen LogP contribution in [-0.2, 0) is 11.8 Å². The Labute approximate surface area is 159 Å². The third-order valence-corrected chi connectivity index (χ3v) is 4.38. The van der Waals surface area contributed by atoms with E-state index in [1.165, 1.54) is 0 Å². The van der Waals surface area contributed by atoms with E-state index < -0.39 is 12.6 Å². The van der Waals surface area contributed by atoms with Crippen LogP contribution < -0.4 is 0 Å². The normalized spacial score (nSPS) is 12.0. The van der Waals surface area contributed by atoms with Crippen molar-refractivity contribution in [2.24, 2.45) is 7.05 Å². The summed E-state index contributed by atoms with van der Waals surface area (Å²) < 4.78 is 12.2. The number of hydrogen-bond acceptors (Lipinski definition) is 6. The summed E-state index contributed by atoms with van der Waals surface area (Å²) >= 11 is 0. The van der Waals surface area contributed by atoms with Crippen LogP contribution in [0.15, 0.2) is 64.8 Å². The Balaban J connectivity index is 1.58. The molecule has 2 aromatic carbocycles. The molecule has 4 aromatic rings. The number of imidazole rings is 1. The number of nitriles is 1. The first-order chi connectivity index (χ1) is 13.6. The van der Waals surface area contributed by atoms with Crippen molar-refractivity contribution < 1.29 is 19.1 Å². The first-order valence-corrected chi connectivity index (χ1v) is 8.48.